The zero-order chi connectivity index (χ0) is 17.5. The summed E-state index contributed by atoms with van der Waals surface area (Å²) < 4.78 is 0. The van der Waals surface area contributed by atoms with Gasteiger partial charge in [-0.15, -0.1) is 0 Å². The van der Waals surface area contributed by atoms with Crippen LogP contribution in [0.2, 0.25) is 5.02 Å². The third kappa shape index (κ3) is 5.15. The van der Waals surface area contributed by atoms with Crippen molar-refractivity contribution in [2.45, 2.75) is 0 Å². The highest BCUT2D eigenvalue weighted by atomic mass is 35.5. The predicted molar refractivity (Wildman–Crippen MR) is 97.9 cm³/mol. The summed E-state index contributed by atoms with van der Waals surface area (Å²) in [5, 5.41) is 16.2. The molecule has 0 radical (unpaired) electrons. The summed E-state index contributed by atoms with van der Waals surface area (Å²) in [4.78, 5) is 22.2. The van der Waals surface area contributed by atoms with Crippen molar-refractivity contribution in [1.29, 1.82) is 0 Å². The van der Waals surface area contributed by atoms with E-state index >= 15 is 0 Å². The molecule has 0 atom stereocenters. The van der Waals surface area contributed by atoms with E-state index in [2.05, 4.69) is 10.6 Å². The fourth-order valence-electron chi connectivity index (χ4n) is 1.80. The van der Waals surface area contributed by atoms with Gasteiger partial charge in [0.25, 0.3) is 5.69 Å². The largest absolute Gasteiger partial charge is 0.327 e. The van der Waals surface area contributed by atoms with E-state index in [1.807, 2.05) is 30.3 Å². The minimum atomic E-state index is -0.589. The fourth-order valence-corrected chi connectivity index (χ4v) is 2.18. The van der Waals surface area contributed by atoms with Crippen LogP contribution < -0.4 is 10.6 Å². The number of nitrogens with one attached hydrogen (secondary N) is 2. The highest BCUT2D eigenvalue weighted by Gasteiger charge is 2.15. The van der Waals surface area contributed by atoms with Crippen molar-refractivity contribution >= 4 is 52.3 Å². The molecule has 6 nitrogen and oxygen atoms in total. The third-order valence-corrected chi connectivity index (χ3v) is 3.31. The van der Waals surface area contributed by atoms with Gasteiger partial charge < -0.3 is 5.32 Å². The lowest BCUT2D eigenvalue weighted by Gasteiger charge is -2.08. The Morgan fingerprint density at radius 1 is 1.21 bits per heavy atom. The lowest BCUT2D eigenvalue weighted by atomic mass is 10.2. The van der Waals surface area contributed by atoms with Crippen molar-refractivity contribution < 1.29 is 9.72 Å². The van der Waals surface area contributed by atoms with Crippen molar-refractivity contribution in [2.75, 3.05) is 5.32 Å². The van der Waals surface area contributed by atoms with Gasteiger partial charge in [0.2, 0.25) is 5.91 Å². The molecule has 1 amide bonds. The third-order valence-electron chi connectivity index (χ3n) is 2.87. The lowest BCUT2D eigenvalue weighted by molar-refractivity contribution is -0.383. The van der Waals surface area contributed by atoms with Gasteiger partial charge in [0.15, 0.2) is 5.11 Å². The number of benzene rings is 2. The highest BCUT2D eigenvalue weighted by molar-refractivity contribution is 7.80. The molecule has 2 N–H and O–H groups in total. The Kier molecular flexibility index (Phi) is 6.00. The number of rotatable bonds is 4. The Balaban J connectivity index is 2.00. The molecule has 0 aliphatic rings. The number of carbonyl (C=O) groups excluding carboxylic acids is 1. The average Bonchev–Trinajstić information content (AvgIpc) is 2.55. The number of nitro benzene ring substituents is 1. The van der Waals surface area contributed by atoms with Gasteiger partial charge in [-0.3, -0.25) is 20.2 Å². The van der Waals surface area contributed by atoms with Crippen molar-refractivity contribution in [3.05, 3.63) is 75.3 Å². The second kappa shape index (κ2) is 8.19. The highest BCUT2D eigenvalue weighted by Crippen LogP contribution is 2.27. The van der Waals surface area contributed by atoms with Crippen molar-refractivity contribution in [1.82, 2.24) is 5.32 Å². The SMILES string of the molecule is O=C(/C=C/c1ccccc1)NC(=S)Nc1ccc(Cl)cc1[N+](=O)[O-]. The summed E-state index contributed by atoms with van der Waals surface area (Å²) in [5.41, 5.74) is 0.764. The Morgan fingerprint density at radius 2 is 1.92 bits per heavy atom. The van der Waals surface area contributed by atoms with E-state index in [-0.39, 0.29) is 21.5 Å². The molecular formula is C16H12ClN3O3S. The number of hydrogen-bond donors (Lipinski definition) is 2. The van der Waals surface area contributed by atoms with Crippen LogP contribution in [0, 0.1) is 10.1 Å². The quantitative estimate of drug-likeness (QED) is 0.375. The predicted octanol–water partition coefficient (Wildman–Crippen LogP) is 3.77. The van der Waals surface area contributed by atoms with E-state index in [0.717, 1.165) is 5.56 Å². The zero-order valence-corrected chi connectivity index (χ0v) is 13.8. The van der Waals surface area contributed by atoms with Gasteiger partial charge >= 0.3 is 0 Å². The number of nitro groups is 1. The molecule has 0 aromatic heterocycles. The number of carbonyl (C=O) groups is 1. The van der Waals surface area contributed by atoms with E-state index in [1.54, 1.807) is 6.08 Å². The van der Waals surface area contributed by atoms with E-state index in [0.29, 0.717) is 0 Å². The second-order valence-electron chi connectivity index (χ2n) is 4.61. The molecule has 0 bridgehead atoms. The van der Waals surface area contributed by atoms with Crippen LogP contribution in [0.3, 0.4) is 0 Å². The summed E-state index contributed by atoms with van der Waals surface area (Å²) in [6, 6.07) is 13.4. The van der Waals surface area contributed by atoms with Gasteiger partial charge in [0, 0.05) is 17.2 Å². The van der Waals surface area contributed by atoms with Crippen molar-refractivity contribution in [3.63, 3.8) is 0 Å². The first-order valence-electron chi connectivity index (χ1n) is 6.75. The summed E-state index contributed by atoms with van der Waals surface area (Å²) in [6.07, 6.45) is 2.95. The van der Waals surface area contributed by atoms with Crippen LogP contribution in [0.15, 0.2) is 54.6 Å². The number of nitrogens with zero attached hydrogens (tertiary/aromatic N) is 1. The summed E-state index contributed by atoms with van der Waals surface area (Å²) in [6.45, 7) is 0. The minimum absolute atomic E-state index is 0.0527. The van der Waals surface area contributed by atoms with Crippen LogP contribution in [0.4, 0.5) is 11.4 Å². The number of anilines is 1. The molecule has 24 heavy (non-hydrogen) atoms. The van der Waals surface area contributed by atoms with Crippen molar-refractivity contribution in [2.24, 2.45) is 0 Å². The summed E-state index contributed by atoms with van der Waals surface area (Å²) in [7, 11) is 0. The molecule has 2 aromatic carbocycles. The monoisotopic (exact) mass is 361 g/mol. The van der Waals surface area contributed by atoms with E-state index < -0.39 is 10.8 Å². The molecule has 0 unspecified atom stereocenters. The standard InChI is InChI=1S/C16H12ClN3O3S/c17-12-7-8-13(14(10-12)20(22)23)18-16(24)19-15(21)9-6-11-4-2-1-3-5-11/h1-10H,(H2,18,19,21,24)/b9-6+. The molecule has 0 saturated carbocycles. The van der Waals surface area contributed by atoms with Crippen LogP contribution in [-0.2, 0) is 4.79 Å². The normalized spacial score (nSPS) is 10.4. The molecule has 2 rings (SSSR count). The smallest absolute Gasteiger partial charge is 0.294 e. The van der Waals surface area contributed by atoms with Crippen LogP contribution in [0.1, 0.15) is 5.56 Å². The maximum atomic E-state index is 11.8. The molecule has 2 aromatic rings. The first-order valence-corrected chi connectivity index (χ1v) is 7.53. The number of thiocarbonyl (C=S) groups is 1. The first-order chi connectivity index (χ1) is 11.5. The lowest BCUT2D eigenvalue weighted by Crippen LogP contribution is -2.33. The number of amides is 1. The van der Waals surface area contributed by atoms with Gasteiger partial charge in [-0.25, -0.2) is 0 Å². The van der Waals surface area contributed by atoms with Gasteiger partial charge in [0.1, 0.15) is 5.69 Å². The molecular weight excluding hydrogens is 350 g/mol. The first kappa shape index (κ1) is 17.6. The number of hydrogen-bond acceptors (Lipinski definition) is 4. The second-order valence-corrected chi connectivity index (χ2v) is 5.45. The molecule has 122 valence electrons. The summed E-state index contributed by atoms with van der Waals surface area (Å²) in [5.74, 6) is -0.451. The van der Waals surface area contributed by atoms with Crippen LogP contribution in [-0.4, -0.2) is 15.9 Å². The number of halogens is 1. The maximum Gasteiger partial charge on any atom is 0.294 e. The van der Waals surface area contributed by atoms with Gasteiger partial charge in [-0.1, -0.05) is 41.9 Å². The van der Waals surface area contributed by atoms with E-state index in [9.17, 15) is 14.9 Å². The zero-order valence-electron chi connectivity index (χ0n) is 12.2. The Bertz CT molecular complexity index is 809. The molecule has 0 aliphatic heterocycles. The van der Waals surface area contributed by atoms with Crippen LogP contribution in [0.5, 0.6) is 0 Å². The molecule has 0 aliphatic carbocycles. The molecule has 0 heterocycles. The van der Waals surface area contributed by atoms with E-state index in [1.165, 1.54) is 24.3 Å². The average molecular weight is 362 g/mol. The Labute approximate surface area is 148 Å². The van der Waals surface area contributed by atoms with Gasteiger partial charge in [-0.05, 0) is 36.0 Å². The fraction of sp³-hybridized carbons (Fsp3) is 0. The van der Waals surface area contributed by atoms with Crippen molar-refractivity contribution in [3.8, 4) is 0 Å². The van der Waals surface area contributed by atoms with Crippen LogP contribution >= 0.6 is 23.8 Å². The van der Waals surface area contributed by atoms with Gasteiger partial charge in [0.05, 0.1) is 4.92 Å². The van der Waals surface area contributed by atoms with E-state index in [4.69, 9.17) is 23.8 Å². The van der Waals surface area contributed by atoms with Crippen LogP contribution in [0.25, 0.3) is 6.08 Å². The molecule has 0 fully saturated rings. The molecule has 0 spiro atoms. The molecule has 0 saturated heterocycles. The maximum absolute atomic E-state index is 11.8. The topological polar surface area (TPSA) is 84.3 Å². The summed E-state index contributed by atoms with van der Waals surface area (Å²) >= 11 is 10.7. The molecule has 8 heteroatoms. The van der Waals surface area contributed by atoms with Gasteiger partial charge in [-0.2, -0.15) is 0 Å². The minimum Gasteiger partial charge on any atom is -0.327 e. The Hall–Kier alpha value is -2.77. The Morgan fingerprint density at radius 3 is 2.58 bits per heavy atom.